The van der Waals surface area contributed by atoms with Crippen LogP contribution in [-0.4, -0.2) is 5.92 Å². The number of rotatable bonds is 13. The van der Waals surface area contributed by atoms with Crippen molar-refractivity contribution in [3.05, 3.63) is 128 Å². The van der Waals surface area contributed by atoms with Gasteiger partial charge in [-0.05, 0) is 0 Å². The van der Waals surface area contributed by atoms with E-state index in [2.05, 4.69) is 181 Å². The standard InChI is InChI=1S/2C25H31.C2H7Si.2ClH.Zr/c2*1-7-18(6)20-14-19-12-13-22(17(4)5)25(24(19)15-20)23-11-9-8-10-21(23)16(2)3;1-3-2;;;/h2*8-18H,7H2,1-6H3;3H,1-2H3;2*1H;/q;;;;;+2/p-2. The Labute approximate surface area is 350 Å². The zero-order valence-corrected chi connectivity index (χ0v) is 42.1. The fourth-order valence-corrected chi connectivity index (χ4v) is 41.6. The molecular formula is C52H69Cl2SiZr. The van der Waals surface area contributed by atoms with E-state index < -0.39 is 21.5 Å². The average molecular weight is 884 g/mol. The molecule has 0 saturated carbocycles. The van der Waals surface area contributed by atoms with Crippen molar-refractivity contribution in [3.8, 4) is 22.3 Å². The SMILES string of the molecule is CCC(C)C1=Cc2c(ccc(C(C)C)c2-c2ccccc2C(C)C)[CH]1[Zr]([Cl])([Cl])([CH]1C(C(C)CC)=Cc2c1ccc(C(C)C)c2-c1ccccc1C(C)C)[SiH](C)C. The second-order valence-electron chi connectivity index (χ2n) is 19.0. The summed E-state index contributed by atoms with van der Waals surface area (Å²) in [7, 11) is 18.2. The third-order valence-electron chi connectivity index (χ3n) is 14.1. The maximum absolute atomic E-state index is 9.11. The molecule has 0 bridgehead atoms. The molecule has 0 aliphatic heterocycles. The van der Waals surface area contributed by atoms with E-state index in [-0.39, 0.29) is 7.25 Å². The topological polar surface area (TPSA) is 0 Å². The van der Waals surface area contributed by atoms with Crippen LogP contribution in [0.2, 0.25) is 13.1 Å². The summed E-state index contributed by atoms with van der Waals surface area (Å²) < 4.78 is 0.115. The molecular weight excluding hydrogens is 815 g/mol. The monoisotopic (exact) mass is 881 g/mol. The van der Waals surface area contributed by atoms with Crippen LogP contribution in [0.1, 0.15) is 171 Å². The van der Waals surface area contributed by atoms with Crippen molar-refractivity contribution in [2.45, 2.75) is 140 Å². The fraction of sp³-hybridized carbons (Fsp3) is 0.462. The van der Waals surface area contributed by atoms with Crippen LogP contribution in [0.15, 0.2) is 83.9 Å². The molecule has 4 atom stereocenters. The van der Waals surface area contributed by atoms with E-state index in [0.717, 1.165) is 12.8 Å². The van der Waals surface area contributed by atoms with Gasteiger partial charge in [0.25, 0.3) is 0 Å². The van der Waals surface area contributed by atoms with Gasteiger partial charge in [0.1, 0.15) is 0 Å². The van der Waals surface area contributed by atoms with Crippen molar-refractivity contribution in [2.24, 2.45) is 11.8 Å². The predicted molar refractivity (Wildman–Crippen MR) is 251 cm³/mol. The molecule has 4 aromatic carbocycles. The summed E-state index contributed by atoms with van der Waals surface area (Å²) >= 11 is -5.09. The Balaban J connectivity index is 1.73. The van der Waals surface area contributed by atoms with Gasteiger partial charge in [-0.15, -0.1) is 0 Å². The van der Waals surface area contributed by atoms with Crippen LogP contribution in [-0.2, 0) is 15.6 Å². The molecule has 56 heavy (non-hydrogen) atoms. The summed E-state index contributed by atoms with van der Waals surface area (Å²) in [5.41, 5.74) is 19.7. The molecule has 0 saturated heterocycles. The zero-order valence-electron chi connectivity index (χ0n) is 36.9. The first-order valence-corrected chi connectivity index (χ1v) is 38.2. The van der Waals surface area contributed by atoms with Crippen LogP contribution in [0.5, 0.6) is 0 Å². The van der Waals surface area contributed by atoms with Gasteiger partial charge < -0.3 is 0 Å². The van der Waals surface area contributed by atoms with Gasteiger partial charge in [0.15, 0.2) is 0 Å². The van der Waals surface area contributed by atoms with Gasteiger partial charge in [-0.2, -0.15) is 0 Å². The van der Waals surface area contributed by atoms with Crippen molar-refractivity contribution in [1.29, 1.82) is 0 Å². The molecule has 0 spiro atoms. The Morgan fingerprint density at radius 3 is 1.14 bits per heavy atom. The molecule has 0 N–H and O–H groups in total. The van der Waals surface area contributed by atoms with Crippen molar-refractivity contribution >= 4 is 35.1 Å². The molecule has 4 unspecified atom stereocenters. The van der Waals surface area contributed by atoms with E-state index >= 15 is 0 Å². The quantitative estimate of drug-likeness (QED) is 0.117. The number of allylic oxidation sites excluding steroid dienone is 2. The van der Waals surface area contributed by atoms with Gasteiger partial charge in [-0.3, -0.25) is 0 Å². The Morgan fingerprint density at radius 1 is 0.500 bits per heavy atom. The third-order valence-corrected chi connectivity index (χ3v) is 65.7. The Bertz CT molecular complexity index is 2020. The van der Waals surface area contributed by atoms with Crippen LogP contribution in [0.4, 0.5) is 0 Å². The van der Waals surface area contributed by atoms with Gasteiger partial charge in [0.2, 0.25) is 0 Å². The molecule has 0 nitrogen and oxygen atoms in total. The maximum atomic E-state index is 9.11. The van der Waals surface area contributed by atoms with Crippen LogP contribution in [0, 0.1) is 11.8 Å². The first kappa shape index (κ1) is 43.6. The summed E-state index contributed by atoms with van der Waals surface area (Å²) in [5.74, 6) is 0.571. The summed E-state index contributed by atoms with van der Waals surface area (Å²) in [4.78, 5) is 0. The Hall–Kier alpha value is -1.96. The van der Waals surface area contributed by atoms with E-state index in [1.165, 1.54) is 77.9 Å². The van der Waals surface area contributed by atoms with Crippen molar-refractivity contribution in [2.75, 3.05) is 0 Å². The second-order valence-corrected chi connectivity index (χ2v) is 61.5. The number of benzene rings is 4. The van der Waals surface area contributed by atoms with Gasteiger partial charge in [-0.25, -0.2) is 0 Å². The normalized spacial score (nSPS) is 18.7. The molecule has 4 heteroatoms. The average Bonchev–Trinajstić information content (AvgIpc) is 3.77. The Kier molecular flexibility index (Phi) is 12.9. The van der Waals surface area contributed by atoms with Crippen LogP contribution < -0.4 is 0 Å². The molecule has 0 amide bonds. The molecule has 0 heterocycles. The van der Waals surface area contributed by atoms with Crippen molar-refractivity contribution in [3.63, 3.8) is 0 Å². The summed E-state index contributed by atoms with van der Waals surface area (Å²) in [5, 5.41) is 0. The van der Waals surface area contributed by atoms with Crippen LogP contribution in [0.25, 0.3) is 34.4 Å². The first-order valence-electron chi connectivity index (χ1n) is 21.9. The predicted octanol–water partition coefficient (Wildman–Crippen LogP) is 17.2. The summed E-state index contributed by atoms with van der Waals surface area (Å²) in [6, 6.07) is 28.1. The Morgan fingerprint density at radius 2 is 0.839 bits per heavy atom. The first-order chi connectivity index (χ1) is 26.4. The van der Waals surface area contributed by atoms with E-state index in [4.69, 9.17) is 17.0 Å². The molecule has 299 valence electrons. The number of hydrogen-bond donors (Lipinski definition) is 0. The summed E-state index contributed by atoms with van der Waals surface area (Å²) in [6.07, 6.45) is 7.34. The van der Waals surface area contributed by atoms with E-state index in [1.807, 2.05) is 0 Å². The minimum absolute atomic E-state index is 0.0575. The van der Waals surface area contributed by atoms with Crippen molar-refractivity contribution < 1.29 is 15.6 Å². The van der Waals surface area contributed by atoms with Gasteiger partial charge in [0, 0.05) is 0 Å². The van der Waals surface area contributed by atoms with Crippen LogP contribution >= 0.6 is 17.0 Å². The third kappa shape index (κ3) is 7.11. The number of fused-ring (bicyclic) bond motifs is 2. The molecule has 4 aromatic rings. The molecule has 6 rings (SSSR count). The van der Waals surface area contributed by atoms with Gasteiger partial charge in [0.05, 0.1) is 0 Å². The summed E-state index contributed by atoms with van der Waals surface area (Å²) in [6.45, 7) is 33.3. The van der Waals surface area contributed by atoms with Gasteiger partial charge >= 0.3 is 353 Å². The molecule has 0 radical (unpaired) electrons. The van der Waals surface area contributed by atoms with E-state index in [9.17, 15) is 0 Å². The number of hydrogen-bond acceptors (Lipinski definition) is 0. The molecule has 2 aliphatic rings. The van der Waals surface area contributed by atoms with Gasteiger partial charge in [-0.1, -0.05) is 0 Å². The molecule has 0 fully saturated rings. The fourth-order valence-electron chi connectivity index (χ4n) is 10.4. The molecule has 2 aliphatic carbocycles. The zero-order chi connectivity index (χ0) is 41.0. The molecule has 0 aromatic heterocycles. The van der Waals surface area contributed by atoms with Crippen LogP contribution in [0.3, 0.4) is 0 Å². The van der Waals surface area contributed by atoms with E-state index in [0.29, 0.717) is 35.5 Å². The second kappa shape index (κ2) is 16.6. The number of halogens is 2. The van der Waals surface area contributed by atoms with Crippen molar-refractivity contribution in [1.82, 2.24) is 0 Å². The minimum atomic E-state index is -5.09. The van der Waals surface area contributed by atoms with E-state index in [1.54, 1.807) is 0 Å².